The van der Waals surface area contributed by atoms with Gasteiger partial charge in [-0.2, -0.15) is 0 Å². The molecule has 2 amide bonds. The van der Waals surface area contributed by atoms with Crippen LogP contribution in [0.4, 0.5) is 4.79 Å². The molecule has 33 heavy (non-hydrogen) atoms. The summed E-state index contributed by atoms with van der Waals surface area (Å²) in [6, 6.07) is 16.2. The van der Waals surface area contributed by atoms with Gasteiger partial charge in [0, 0.05) is 11.5 Å². The maximum Gasteiger partial charge on any atom is 0.407 e. The highest BCUT2D eigenvalue weighted by molar-refractivity contribution is 5.83. The summed E-state index contributed by atoms with van der Waals surface area (Å²) in [4.78, 5) is 36.4. The van der Waals surface area contributed by atoms with Gasteiger partial charge in [-0.15, -0.1) is 0 Å². The van der Waals surface area contributed by atoms with Gasteiger partial charge in [0.25, 0.3) is 0 Å². The van der Waals surface area contributed by atoms with E-state index in [2.05, 4.69) is 34.9 Å². The third kappa shape index (κ3) is 3.86. The highest BCUT2D eigenvalue weighted by atomic mass is 16.5. The SMILES string of the molecule is O=C(CNC(=O)OCC1c2ccccc2-c2ccccc21)NC12CCC(C(=O)O)(CC1)CC2. The van der Waals surface area contributed by atoms with Crippen molar-refractivity contribution in [3.05, 3.63) is 59.7 Å². The molecule has 0 aromatic heterocycles. The number of carboxylic acids is 1. The Labute approximate surface area is 192 Å². The number of carbonyl (C=O) groups excluding carboxylic acids is 2. The Kier molecular flexibility index (Phi) is 5.35. The lowest BCUT2D eigenvalue weighted by atomic mass is 9.57. The Hall–Kier alpha value is -3.35. The quantitative estimate of drug-likeness (QED) is 0.623. The van der Waals surface area contributed by atoms with Crippen molar-refractivity contribution >= 4 is 18.0 Å². The summed E-state index contributed by atoms with van der Waals surface area (Å²) in [5, 5.41) is 15.1. The molecule has 4 aliphatic rings. The minimum absolute atomic E-state index is 0.0326. The molecular weight excluding hydrogens is 420 g/mol. The van der Waals surface area contributed by atoms with Crippen molar-refractivity contribution in [1.29, 1.82) is 0 Å². The second-order valence-corrected chi connectivity index (χ2v) is 9.59. The van der Waals surface area contributed by atoms with Crippen molar-refractivity contribution in [2.45, 2.75) is 50.0 Å². The fourth-order valence-corrected chi connectivity index (χ4v) is 5.84. The third-order valence-corrected chi connectivity index (χ3v) is 7.84. The molecule has 7 nitrogen and oxygen atoms in total. The molecule has 172 valence electrons. The van der Waals surface area contributed by atoms with Gasteiger partial charge < -0.3 is 20.5 Å². The van der Waals surface area contributed by atoms with Gasteiger partial charge in [-0.25, -0.2) is 4.79 Å². The van der Waals surface area contributed by atoms with Crippen LogP contribution < -0.4 is 10.6 Å². The van der Waals surface area contributed by atoms with Crippen LogP contribution in [0.15, 0.2) is 48.5 Å². The van der Waals surface area contributed by atoms with Crippen molar-refractivity contribution in [1.82, 2.24) is 10.6 Å². The topological polar surface area (TPSA) is 105 Å². The molecule has 4 aliphatic carbocycles. The van der Waals surface area contributed by atoms with Gasteiger partial charge in [0.15, 0.2) is 0 Å². The number of fused-ring (bicyclic) bond motifs is 6. The Morgan fingerprint density at radius 3 is 1.97 bits per heavy atom. The van der Waals surface area contributed by atoms with Gasteiger partial charge in [-0.1, -0.05) is 48.5 Å². The Balaban J connectivity index is 1.13. The molecule has 6 rings (SSSR count). The first-order valence-corrected chi connectivity index (χ1v) is 11.5. The summed E-state index contributed by atoms with van der Waals surface area (Å²) >= 11 is 0. The maximum atomic E-state index is 12.5. The number of hydrogen-bond donors (Lipinski definition) is 3. The average Bonchev–Trinajstić information content (AvgIpc) is 3.16. The van der Waals surface area contributed by atoms with E-state index in [1.54, 1.807) is 0 Å². The zero-order valence-corrected chi connectivity index (χ0v) is 18.4. The number of aliphatic carboxylic acids is 1. The summed E-state index contributed by atoms with van der Waals surface area (Å²) in [5.74, 6) is -1.03. The minimum atomic E-state index is -0.723. The summed E-state index contributed by atoms with van der Waals surface area (Å²) in [6.07, 6.45) is 3.12. The molecule has 0 heterocycles. The summed E-state index contributed by atoms with van der Waals surface area (Å²) in [5.41, 5.74) is 3.62. The number of carbonyl (C=O) groups is 3. The maximum absolute atomic E-state index is 12.5. The van der Waals surface area contributed by atoms with Crippen molar-refractivity contribution in [2.75, 3.05) is 13.2 Å². The van der Waals surface area contributed by atoms with Crippen LogP contribution >= 0.6 is 0 Å². The molecule has 3 fully saturated rings. The van der Waals surface area contributed by atoms with E-state index >= 15 is 0 Å². The predicted molar refractivity (Wildman–Crippen MR) is 122 cm³/mol. The van der Waals surface area contributed by atoms with Gasteiger partial charge in [0.05, 0.1) is 5.41 Å². The molecule has 2 bridgehead atoms. The van der Waals surface area contributed by atoms with Gasteiger partial charge in [0.2, 0.25) is 5.91 Å². The summed E-state index contributed by atoms with van der Waals surface area (Å²) < 4.78 is 5.48. The summed E-state index contributed by atoms with van der Waals surface area (Å²) in [6.45, 7) is 0.0329. The van der Waals surface area contributed by atoms with E-state index in [9.17, 15) is 19.5 Å². The van der Waals surface area contributed by atoms with Crippen LogP contribution in [0.2, 0.25) is 0 Å². The molecule has 0 unspecified atom stereocenters. The first kappa shape index (κ1) is 21.5. The molecule has 2 aromatic carbocycles. The number of ether oxygens (including phenoxy) is 1. The highest BCUT2D eigenvalue weighted by Gasteiger charge is 2.53. The molecule has 3 saturated carbocycles. The van der Waals surface area contributed by atoms with Gasteiger partial charge in [-0.05, 0) is 60.8 Å². The number of hydrogen-bond acceptors (Lipinski definition) is 4. The number of amides is 2. The third-order valence-electron chi connectivity index (χ3n) is 7.84. The number of rotatable bonds is 6. The lowest BCUT2D eigenvalue weighted by Crippen LogP contribution is -2.59. The normalized spacial score (nSPS) is 25.1. The van der Waals surface area contributed by atoms with Crippen molar-refractivity contribution in [3.63, 3.8) is 0 Å². The highest BCUT2D eigenvalue weighted by Crippen LogP contribution is 2.52. The van der Waals surface area contributed by atoms with Crippen LogP contribution in [-0.4, -0.2) is 41.8 Å². The molecule has 7 heteroatoms. The molecule has 0 aliphatic heterocycles. The number of benzene rings is 2. The molecule has 3 N–H and O–H groups in total. The van der Waals surface area contributed by atoms with E-state index in [-0.39, 0.29) is 30.5 Å². The first-order chi connectivity index (χ1) is 15.9. The smallest absolute Gasteiger partial charge is 0.407 e. The molecule has 2 aromatic rings. The number of nitrogens with one attached hydrogen (secondary N) is 2. The van der Waals surface area contributed by atoms with Crippen LogP contribution in [0.3, 0.4) is 0 Å². The molecule has 0 radical (unpaired) electrons. The standard InChI is InChI=1S/C26H28N2O5/c29-22(28-26-12-9-25(10-13-26,11-14-26)23(30)31)15-27-24(32)33-16-21-19-7-3-1-5-17(19)18-6-2-4-8-20(18)21/h1-8,21H,9-16H2,(H,27,32)(H,28,29)(H,30,31). The summed E-state index contributed by atoms with van der Waals surface area (Å²) in [7, 11) is 0. The van der Waals surface area contributed by atoms with E-state index in [0.717, 1.165) is 22.3 Å². The fourth-order valence-electron chi connectivity index (χ4n) is 5.84. The number of carboxylic acid groups (broad SMARTS) is 1. The lowest BCUT2D eigenvalue weighted by molar-refractivity contribution is -0.157. The van der Waals surface area contributed by atoms with Crippen molar-refractivity contribution in [3.8, 4) is 11.1 Å². The van der Waals surface area contributed by atoms with Gasteiger partial charge >= 0.3 is 12.1 Å². The second kappa shape index (κ2) is 8.21. The Morgan fingerprint density at radius 1 is 0.879 bits per heavy atom. The zero-order valence-electron chi connectivity index (χ0n) is 18.4. The van der Waals surface area contributed by atoms with Crippen molar-refractivity contribution < 1.29 is 24.2 Å². The molecule has 0 spiro atoms. The van der Waals surface area contributed by atoms with Gasteiger partial charge in [0.1, 0.15) is 13.2 Å². The monoisotopic (exact) mass is 448 g/mol. The van der Waals surface area contributed by atoms with Gasteiger partial charge in [-0.3, -0.25) is 9.59 Å². The Morgan fingerprint density at radius 2 is 1.42 bits per heavy atom. The first-order valence-electron chi connectivity index (χ1n) is 11.5. The molecule has 0 atom stereocenters. The van der Waals surface area contributed by atoms with Crippen LogP contribution in [0.1, 0.15) is 55.6 Å². The second-order valence-electron chi connectivity index (χ2n) is 9.59. The van der Waals surface area contributed by atoms with E-state index < -0.39 is 17.5 Å². The van der Waals surface area contributed by atoms with Crippen LogP contribution in [-0.2, 0) is 14.3 Å². The Bertz CT molecular complexity index is 1040. The predicted octanol–water partition coefficient (Wildman–Crippen LogP) is 3.82. The van der Waals surface area contributed by atoms with E-state index in [0.29, 0.717) is 38.5 Å². The van der Waals surface area contributed by atoms with Crippen LogP contribution in [0.5, 0.6) is 0 Å². The fraction of sp³-hybridized carbons (Fsp3) is 0.423. The average molecular weight is 449 g/mol. The number of alkyl carbamates (subject to hydrolysis) is 1. The molecular formula is C26H28N2O5. The van der Waals surface area contributed by atoms with Crippen molar-refractivity contribution in [2.24, 2.45) is 5.41 Å². The van der Waals surface area contributed by atoms with E-state index in [1.165, 1.54) is 0 Å². The largest absolute Gasteiger partial charge is 0.481 e. The van der Waals surface area contributed by atoms with Crippen LogP contribution in [0, 0.1) is 5.41 Å². The minimum Gasteiger partial charge on any atom is -0.481 e. The zero-order chi connectivity index (χ0) is 23.1. The lowest BCUT2D eigenvalue weighted by Gasteiger charge is -2.51. The van der Waals surface area contributed by atoms with E-state index in [4.69, 9.17) is 4.74 Å². The van der Waals surface area contributed by atoms with E-state index in [1.807, 2.05) is 24.3 Å². The molecule has 0 saturated heterocycles. The van der Waals surface area contributed by atoms with Crippen LogP contribution in [0.25, 0.3) is 11.1 Å².